The second-order valence-corrected chi connectivity index (χ2v) is 7.13. The van der Waals surface area contributed by atoms with Crippen molar-refractivity contribution in [3.05, 3.63) is 112 Å². The molecule has 0 atom stereocenters. The highest BCUT2D eigenvalue weighted by atomic mass is 16.2. The van der Waals surface area contributed by atoms with Crippen LogP contribution < -0.4 is 16.1 Å². The molecule has 154 valence electrons. The molecule has 0 saturated carbocycles. The first-order chi connectivity index (χ1) is 15.1. The third-order valence-corrected chi connectivity index (χ3v) is 4.97. The monoisotopic (exact) mass is 411 g/mol. The molecule has 0 saturated heterocycles. The van der Waals surface area contributed by atoms with E-state index in [1.807, 2.05) is 54.6 Å². The van der Waals surface area contributed by atoms with Gasteiger partial charge in [-0.2, -0.15) is 0 Å². The lowest BCUT2D eigenvalue weighted by atomic mass is 10.0. The zero-order valence-corrected chi connectivity index (χ0v) is 16.7. The average Bonchev–Trinajstić information content (AvgIpc) is 2.80. The number of pyridine rings is 1. The Labute approximate surface area is 178 Å². The second-order valence-electron chi connectivity index (χ2n) is 7.13. The van der Waals surface area contributed by atoms with Gasteiger partial charge in [0.1, 0.15) is 5.56 Å². The highest BCUT2D eigenvalue weighted by Gasteiger charge is 2.14. The maximum atomic E-state index is 12.5. The number of hydrogen-bond donors (Lipinski definition) is 3. The summed E-state index contributed by atoms with van der Waals surface area (Å²) in [5.74, 6) is -0.967. The van der Waals surface area contributed by atoms with Crippen LogP contribution in [0.4, 0.5) is 5.69 Å². The number of aromatic amines is 1. The number of anilines is 1. The summed E-state index contributed by atoms with van der Waals surface area (Å²) in [6.07, 6.45) is 2.04. The van der Waals surface area contributed by atoms with Crippen LogP contribution in [-0.4, -0.2) is 23.3 Å². The van der Waals surface area contributed by atoms with Crippen LogP contribution >= 0.6 is 0 Å². The largest absolute Gasteiger partial charge is 0.360 e. The molecule has 3 N–H and O–H groups in total. The Morgan fingerprint density at radius 1 is 0.839 bits per heavy atom. The van der Waals surface area contributed by atoms with E-state index in [1.165, 1.54) is 6.20 Å². The lowest BCUT2D eigenvalue weighted by Gasteiger charge is -2.12. The number of nitrogens with one attached hydrogen (secondary N) is 3. The van der Waals surface area contributed by atoms with Crippen LogP contribution in [0.15, 0.2) is 89.9 Å². The van der Waals surface area contributed by atoms with Gasteiger partial charge in [0.05, 0.1) is 6.54 Å². The predicted octanol–water partition coefficient (Wildman–Crippen LogP) is 3.49. The minimum absolute atomic E-state index is 0.0315. The normalized spacial score (nSPS) is 10.6. The van der Waals surface area contributed by atoms with Gasteiger partial charge in [-0.3, -0.25) is 14.4 Å². The van der Waals surface area contributed by atoms with E-state index in [0.29, 0.717) is 23.0 Å². The molecule has 0 spiro atoms. The van der Waals surface area contributed by atoms with Gasteiger partial charge in [-0.25, -0.2) is 0 Å². The van der Waals surface area contributed by atoms with Gasteiger partial charge in [0, 0.05) is 22.8 Å². The SMILES string of the molecule is O=C(CNC(=O)c1c[nH]c2ccccc2c1=O)Nc1ccccc1Cc1ccccc1. The Hall–Kier alpha value is -4.19. The number of carbonyl (C=O) groups is 2. The molecule has 2 amide bonds. The fourth-order valence-corrected chi connectivity index (χ4v) is 3.40. The number of amides is 2. The van der Waals surface area contributed by atoms with E-state index in [4.69, 9.17) is 0 Å². The van der Waals surface area contributed by atoms with E-state index in [0.717, 1.165) is 11.1 Å². The summed E-state index contributed by atoms with van der Waals surface area (Å²) in [6, 6.07) is 24.5. The number of aromatic nitrogens is 1. The van der Waals surface area contributed by atoms with Crippen LogP contribution in [0.2, 0.25) is 0 Å². The summed E-state index contributed by atoms with van der Waals surface area (Å²) in [6.45, 7) is -0.245. The third kappa shape index (κ3) is 4.70. The molecule has 3 aromatic carbocycles. The summed E-state index contributed by atoms with van der Waals surface area (Å²) in [7, 11) is 0. The summed E-state index contributed by atoms with van der Waals surface area (Å²) >= 11 is 0. The summed E-state index contributed by atoms with van der Waals surface area (Å²) in [4.78, 5) is 40.4. The van der Waals surface area contributed by atoms with Crippen molar-refractivity contribution in [3.8, 4) is 0 Å². The molecule has 4 aromatic rings. The predicted molar refractivity (Wildman–Crippen MR) is 121 cm³/mol. The molecule has 31 heavy (non-hydrogen) atoms. The van der Waals surface area contributed by atoms with Gasteiger partial charge in [-0.05, 0) is 35.7 Å². The molecule has 0 fully saturated rings. The van der Waals surface area contributed by atoms with Crippen molar-refractivity contribution in [3.63, 3.8) is 0 Å². The number of rotatable bonds is 6. The van der Waals surface area contributed by atoms with Crippen LogP contribution in [0, 0.1) is 0 Å². The van der Waals surface area contributed by atoms with Crippen molar-refractivity contribution >= 4 is 28.4 Å². The minimum atomic E-state index is -0.597. The Morgan fingerprint density at radius 2 is 1.55 bits per heavy atom. The molecular weight excluding hydrogens is 390 g/mol. The van der Waals surface area contributed by atoms with Gasteiger partial charge < -0.3 is 15.6 Å². The Balaban J connectivity index is 1.42. The van der Waals surface area contributed by atoms with Crippen molar-refractivity contribution in [2.24, 2.45) is 0 Å². The maximum absolute atomic E-state index is 12.5. The second kappa shape index (κ2) is 9.09. The summed E-state index contributed by atoms with van der Waals surface area (Å²) < 4.78 is 0. The Bertz CT molecular complexity index is 1300. The number of carbonyl (C=O) groups excluding carboxylic acids is 2. The van der Waals surface area contributed by atoms with E-state index in [2.05, 4.69) is 15.6 Å². The Kier molecular flexibility index (Phi) is 5.89. The van der Waals surface area contributed by atoms with Gasteiger partial charge in [-0.15, -0.1) is 0 Å². The fourth-order valence-electron chi connectivity index (χ4n) is 3.40. The first-order valence-electron chi connectivity index (χ1n) is 9.92. The van der Waals surface area contributed by atoms with Crippen molar-refractivity contribution in [2.45, 2.75) is 6.42 Å². The van der Waals surface area contributed by atoms with Crippen molar-refractivity contribution in [1.82, 2.24) is 10.3 Å². The van der Waals surface area contributed by atoms with Gasteiger partial charge in [0.2, 0.25) is 11.3 Å². The van der Waals surface area contributed by atoms with Crippen LogP contribution in [0.1, 0.15) is 21.5 Å². The molecule has 1 aromatic heterocycles. The lowest BCUT2D eigenvalue weighted by Crippen LogP contribution is -2.35. The zero-order valence-electron chi connectivity index (χ0n) is 16.7. The fraction of sp³-hybridized carbons (Fsp3) is 0.0800. The smallest absolute Gasteiger partial charge is 0.257 e. The average molecular weight is 411 g/mol. The quantitative estimate of drug-likeness (QED) is 0.454. The number of para-hydroxylation sites is 2. The van der Waals surface area contributed by atoms with Gasteiger partial charge in [0.15, 0.2) is 0 Å². The molecule has 6 heteroatoms. The number of H-pyrrole nitrogens is 1. The molecule has 4 rings (SSSR count). The zero-order chi connectivity index (χ0) is 21.6. The topological polar surface area (TPSA) is 91.1 Å². The van der Waals surface area contributed by atoms with Crippen molar-refractivity contribution < 1.29 is 9.59 Å². The van der Waals surface area contributed by atoms with Gasteiger partial charge in [-0.1, -0.05) is 60.7 Å². The first-order valence-corrected chi connectivity index (χ1v) is 9.92. The van der Waals surface area contributed by atoms with E-state index in [-0.39, 0.29) is 23.4 Å². The molecule has 0 aliphatic rings. The van der Waals surface area contributed by atoms with E-state index >= 15 is 0 Å². The van der Waals surface area contributed by atoms with Crippen LogP contribution in [0.25, 0.3) is 10.9 Å². The number of benzene rings is 3. The lowest BCUT2D eigenvalue weighted by molar-refractivity contribution is -0.115. The standard InChI is InChI=1S/C25H21N3O3/c29-23(28-21-12-6-4-10-18(21)14-17-8-2-1-3-9-17)16-27-25(31)20-15-26-22-13-7-5-11-19(22)24(20)30/h1-13,15H,14,16H2,(H,26,30)(H,27,31)(H,28,29). The molecule has 0 bridgehead atoms. The van der Waals surface area contributed by atoms with E-state index in [1.54, 1.807) is 24.3 Å². The molecule has 0 unspecified atom stereocenters. The summed E-state index contributed by atoms with van der Waals surface area (Å²) in [5, 5.41) is 5.79. The number of hydrogen-bond acceptors (Lipinski definition) is 3. The maximum Gasteiger partial charge on any atom is 0.257 e. The Morgan fingerprint density at radius 3 is 2.39 bits per heavy atom. The minimum Gasteiger partial charge on any atom is -0.360 e. The molecule has 0 aliphatic heterocycles. The van der Waals surface area contributed by atoms with Crippen molar-refractivity contribution in [2.75, 3.05) is 11.9 Å². The first kappa shape index (κ1) is 20.1. The molecule has 6 nitrogen and oxygen atoms in total. The van der Waals surface area contributed by atoms with Crippen LogP contribution in [-0.2, 0) is 11.2 Å². The third-order valence-electron chi connectivity index (χ3n) is 4.97. The van der Waals surface area contributed by atoms with Crippen molar-refractivity contribution in [1.29, 1.82) is 0 Å². The molecule has 0 radical (unpaired) electrons. The molecule has 1 heterocycles. The summed E-state index contributed by atoms with van der Waals surface area (Å²) in [5.41, 5.74) is 3.04. The van der Waals surface area contributed by atoms with Crippen LogP contribution in [0.5, 0.6) is 0 Å². The molecular formula is C25H21N3O3. The van der Waals surface area contributed by atoms with Crippen LogP contribution in [0.3, 0.4) is 0 Å². The number of fused-ring (bicyclic) bond motifs is 1. The van der Waals surface area contributed by atoms with Gasteiger partial charge in [0.25, 0.3) is 5.91 Å². The van der Waals surface area contributed by atoms with Gasteiger partial charge >= 0.3 is 0 Å². The molecule has 0 aliphatic carbocycles. The van der Waals surface area contributed by atoms with E-state index in [9.17, 15) is 14.4 Å². The van der Waals surface area contributed by atoms with E-state index < -0.39 is 5.91 Å². The highest BCUT2D eigenvalue weighted by molar-refractivity contribution is 6.01. The highest BCUT2D eigenvalue weighted by Crippen LogP contribution is 2.19.